The van der Waals surface area contributed by atoms with E-state index in [1.807, 2.05) is 7.05 Å². The fourth-order valence-electron chi connectivity index (χ4n) is 2.33. The van der Waals surface area contributed by atoms with Gasteiger partial charge in [-0.25, -0.2) is 0 Å². The van der Waals surface area contributed by atoms with Crippen molar-refractivity contribution in [1.29, 1.82) is 0 Å². The van der Waals surface area contributed by atoms with E-state index in [1.54, 1.807) is 0 Å². The minimum absolute atomic E-state index is 0.355. The number of hydrogen-bond acceptors (Lipinski definition) is 1. The maximum atomic E-state index is 3.56. The highest BCUT2D eigenvalue weighted by Crippen LogP contribution is 2.24. The summed E-state index contributed by atoms with van der Waals surface area (Å²) >= 11 is 3.56. The van der Waals surface area contributed by atoms with E-state index in [-0.39, 0.29) is 0 Å². The quantitative estimate of drug-likeness (QED) is 0.871. The molecule has 1 N–H and O–H groups in total. The van der Waals surface area contributed by atoms with Gasteiger partial charge in [0.25, 0.3) is 0 Å². The van der Waals surface area contributed by atoms with Crippen LogP contribution >= 0.6 is 15.9 Å². The number of nitrogens with one attached hydrogen (secondary N) is 1. The van der Waals surface area contributed by atoms with Gasteiger partial charge in [-0.1, -0.05) is 52.3 Å². The molecule has 0 spiro atoms. The van der Waals surface area contributed by atoms with E-state index >= 15 is 0 Å². The topological polar surface area (TPSA) is 12.0 Å². The molecule has 0 amide bonds. The first-order valence-electron chi connectivity index (χ1n) is 6.59. The summed E-state index contributed by atoms with van der Waals surface area (Å²) in [5.41, 5.74) is 5.38. The third kappa shape index (κ3) is 3.46. The molecule has 1 unspecified atom stereocenters. The van der Waals surface area contributed by atoms with Crippen LogP contribution in [0.15, 0.2) is 46.9 Å². The maximum absolute atomic E-state index is 3.56. The molecule has 0 aliphatic carbocycles. The van der Waals surface area contributed by atoms with Crippen molar-refractivity contribution in [1.82, 2.24) is 5.32 Å². The van der Waals surface area contributed by atoms with E-state index in [0.29, 0.717) is 6.04 Å². The molecule has 0 aliphatic rings. The van der Waals surface area contributed by atoms with E-state index in [4.69, 9.17) is 0 Å². The largest absolute Gasteiger partial charge is 0.313 e. The molecule has 0 saturated carbocycles. The third-order valence-electron chi connectivity index (χ3n) is 3.62. The van der Waals surface area contributed by atoms with E-state index in [0.717, 1.165) is 6.42 Å². The van der Waals surface area contributed by atoms with Crippen molar-refractivity contribution in [3.8, 4) is 0 Å². The van der Waals surface area contributed by atoms with Gasteiger partial charge in [-0.2, -0.15) is 0 Å². The molecular formula is C17H20BrN. The van der Waals surface area contributed by atoms with Crippen LogP contribution in [0, 0.1) is 13.8 Å². The molecule has 0 fully saturated rings. The van der Waals surface area contributed by atoms with Crippen molar-refractivity contribution < 1.29 is 0 Å². The summed E-state index contributed by atoms with van der Waals surface area (Å²) in [6, 6.07) is 15.5. The smallest absolute Gasteiger partial charge is 0.0358 e. The monoisotopic (exact) mass is 317 g/mol. The van der Waals surface area contributed by atoms with Gasteiger partial charge in [0, 0.05) is 10.5 Å². The lowest BCUT2D eigenvalue weighted by atomic mass is 9.95. The highest BCUT2D eigenvalue weighted by atomic mass is 79.9. The van der Waals surface area contributed by atoms with Crippen molar-refractivity contribution in [3.63, 3.8) is 0 Å². The highest BCUT2D eigenvalue weighted by molar-refractivity contribution is 9.10. The van der Waals surface area contributed by atoms with Crippen LogP contribution in [0.1, 0.15) is 28.3 Å². The second kappa shape index (κ2) is 6.36. The second-order valence-electron chi connectivity index (χ2n) is 4.98. The van der Waals surface area contributed by atoms with Crippen LogP contribution in [-0.4, -0.2) is 7.05 Å². The average Bonchev–Trinajstić information content (AvgIpc) is 2.41. The Kier molecular flexibility index (Phi) is 4.78. The Morgan fingerprint density at radius 1 is 1.05 bits per heavy atom. The van der Waals surface area contributed by atoms with Gasteiger partial charge in [0.2, 0.25) is 0 Å². The number of rotatable bonds is 4. The predicted molar refractivity (Wildman–Crippen MR) is 85.6 cm³/mol. The van der Waals surface area contributed by atoms with Crippen molar-refractivity contribution in [3.05, 3.63) is 69.2 Å². The lowest BCUT2D eigenvalue weighted by Crippen LogP contribution is -2.19. The molecule has 0 bridgehead atoms. The van der Waals surface area contributed by atoms with Gasteiger partial charge in [0.05, 0.1) is 0 Å². The Hall–Kier alpha value is -1.12. The van der Waals surface area contributed by atoms with Crippen LogP contribution in [0.3, 0.4) is 0 Å². The molecule has 1 nitrogen and oxygen atoms in total. The molecular weight excluding hydrogens is 298 g/mol. The summed E-state index contributed by atoms with van der Waals surface area (Å²) in [5.74, 6) is 0. The summed E-state index contributed by atoms with van der Waals surface area (Å²) in [5, 5.41) is 3.43. The molecule has 0 radical (unpaired) electrons. The molecule has 1 atom stereocenters. The van der Waals surface area contributed by atoms with Gasteiger partial charge < -0.3 is 5.32 Å². The normalized spacial score (nSPS) is 12.4. The first-order valence-corrected chi connectivity index (χ1v) is 7.39. The van der Waals surface area contributed by atoms with Crippen molar-refractivity contribution in [2.24, 2.45) is 0 Å². The molecule has 0 aliphatic heterocycles. The zero-order valence-corrected chi connectivity index (χ0v) is 13.3. The number of hydrogen-bond donors (Lipinski definition) is 1. The molecule has 0 aromatic heterocycles. The predicted octanol–water partition coefficient (Wildman–Crippen LogP) is 4.57. The Labute approximate surface area is 124 Å². The SMILES string of the molecule is CNC(Cc1ccccc1C)c1ccc(Br)c(C)c1. The fourth-order valence-corrected chi connectivity index (χ4v) is 2.58. The Morgan fingerprint density at radius 3 is 2.42 bits per heavy atom. The molecule has 2 aromatic rings. The maximum Gasteiger partial charge on any atom is 0.0358 e. The fraction of sp³-hybridized carbons (Fsp3) is 0.294. The number of benzene rings is 2. The zero-order chi connectivity index (χ0) is 13.8. The molecule has 0 saturated heterocycles. The second-order valence-corrected chi connectivity index (χ2v) is 5.83. The zero-order valence-electron chi connectivity index (χ0n) is 11.7. The standard InChI is InChI=1S/C17H20BrN/c1-12-6-4-5-7-14(12)11-17(19-3)15-8-9-16(18)13(2)10-15/h4-10,17,19H,11H2,1-3H3. The van der Waals surface area contributed by atoms with Gasteiger partial charge in [-0.3, -0.25) is 0 Å². The van der Waals surface area contributed by atoms with E-state index in [2.05, 4.69) is 77.6 Å². The van der Waals surface area contributed by atoms with E-state index in [9.17, 15) is 0 Å². The van der Waals surface area contributed by atoms with Gasteiger partial charge in [-0.05, 0) is 55.6 Å². The van der Waals surface area contributed by atoms with Gasteiger partial charge in [-0.15, -0.1) is 0 Å². The molecule has 2 rings (SSSR count). The average molecular weight is 318 g/mol. The lowest BCUT2D eigenvalue weighted by molar-refractivity contribution is 0.590. The van der Waals surface area contributed by atoms with Crippen molar-refractivity contribution >= 4 is 15.9 Å². The van der Waals surface area contributed by atoms with Crippen molar-refractivity contribution in [2.45, 2.75) is 26.3 Å². The summed E-state index contributed by atoms with van der Waals surface area (Å²) in [6.07, 6.45) is 1.02. The van der Waals surface area contributed by atoms with E-state index < -0.39 is 0 Å². The highest BCUT2D eigenvalue weighted by Gasteiger charge is 2.12. The molecule has 19 heavy (non-hydrogen) atoms. The molecule has 2 heteroatoms. The van der Waals surface area contributed by atoms with Crippen molar-refractivity contribution in [2.75, 3.05) is 7.05 Å². The third-order valence-corrected chi connectivity index (χ3v) is 4.51. The molecule has 2 aromatic carbocycles. The minimum Gasteiger partial charge on any atom is -0.313 e. The number of aryl methyl sites for hydroxylation is 2. The van der Waals surface area contributed by atoms with Gasteiger partial charge >= 0.3 is 0 Å². The number of halogens is 1. The van der Waals surface area contributed by atoms with E-state index in [1.165, 1.54) is 26.7 Å². The molecule has 0 heterocycles. The summed E-state index contributed by atoms with van der Waals surface area (Å²) < 4.78 is 1.17. The van der Waals surface area contributed by atoms with Gasteiger partial charge in [0.15, 0.2) is 0 Å². The van der Waals surface area contributed by atoms with Crippen LogP contribution in [0.5, 0.6) is 0 Å². The Balaban J connectivity index is 2.25. The van der Waals surface area contributed by atoms with Crippen LogP contribution in [0.2, 0.25) is 0 Å². The minimum atomic E-state index is 0.355. The van der Waals surface area contributed by atoms with Crippen LogP contribution < -0.4 is 5.32 Å². The summed E-state index contributed by atoms with van der Waals surface area (Å²) in [6.45, 7) is 4.31. The Bertz CT molecular complexity index is 563. The molecule has 100 valence electrons. The van der Waals surface area contributed by atoms with Crippen LogP contribution in [0.4, 0.5) is 0 Å². The first kappa shape index (κ1) is 14.3. The first-order chi connectivity index (χ1) is 9.11. The van der Waals surface area contributed by atoms with Crippen LogP contribution in [0.25, 0.3) is 0 Å². The van der Waals surface area contributed by atoms with Gasteiger partial charge in [0.1, 0.15) is 0 Å². The lowest BCUT2D eigenvalue weighted by Gasteiger charge is -2.19. The summed E-state index contributed by atoms with van der Waals surface area (Å²) in [4.78, 5) is 0. The van der Waals surface area contributed by atoms with Crippen LogP contribution in [-0.2, 0) is 6.42 Å². The Morgan fingerprint density at radius 2 is 1.79 bits per heavy atom. The summed E-state index contributed by atoms with van der Waals surface area (Å²) in [7, 11) is 2.03. The number of likely N-dealkylation sites (N-methyl/N-ethyl adjacent to an activating group) is 1.